The Bertz CT molecular complexity index is 1020. The molecule has 0 fully saturated rings. The zero-order valence-corrected chi connectivity index (χ0v) is 17.7. The molecule has 3 aromatic rings. The summed E-state index contributed by atoms with van der Waals surface area (Å²) in [6.45, 7) is 3.92. The van der Waals surface area contributed by atoms with Crippen LogP contribution in [-0.4, -0.2) is 11.8 Å². The first-order valence-electron chi connectivity index (χ1n) is 9.07. The molecule has 0 aromatic heterocycles. The molecule has 148 valence electrons. The second-order valence-corrected chi connectivity index (χ2v) is 8.13. The molecule has 3 rings (SSSR count). The van der Waals surface area contributed by atoms with Crippen LogP contribution in [0.5, 0.6) is 0 Å². The van der Waals surface area contributed by atoms with Gasteiger partial charge in [-0.2, -0.15) is 0 Å². The van der Waals surface area contributed by atoms with Gasteiger partial charge >= 0.3 is 0 Å². The fourth-order valence-corrected chi connectivity index (χ4v) is 3.57. The van der Waals surface area contributed by atoms with Gasteiger partial charge in [-0.15, -0.1) is 11.8 Å². The molecular weight excluding hydrogens is 404 g/mol. The predicted molar refractivity (Wildman–Crippen MR) is 118 cm³/mol. The molecule has 0 spiro atoms. The molecule has 0 saturated carbocycles. The van der Waals surface area contributed by atoms with E-state index < -0.39 is 0 Å². The lowest BCUT2D eigenvalue weighted by atomic mass is 10.1. The van der Waals surface area contributed by atoms with Crippen LogP contribution in [0.1, 0.15) is 37.4 Å². The Hall–Kier alpha value is -2.76. The Morgan fingerprint density at radius 3 is 2.00 bits per heavy atom. The highest BCUT2D eigenvalue weighted by atomic mass is 35.5. The second kappa shape index (κ2) is 9.63. The van der Waals surface area contributed by atoms with Crippen molar-refractivity contribution in [1.29, 1.82) is 0 Å². The zero-order chi connectivity index (χ0) is 20.8. The number of benzene rings is 3. The Balaban J connectivity index is 1.52. The Kier molecular flexibility index (Phi) is 6.96. The molecule has 0 aliphatic carbocycles. The van der Waals surface area contributed by atoms with Gasteiger partial charge in [-0.25, -0.2) is 0 Å². The van der Waals surface area contributed by atoms with Crippen molar-refractivity contribution < 1.29 is 9.59 Å². The summed E-state index contributed by atoms with van der Waals surface area (Å²) in [5, 5.41) is 0.717. The molecule has 0 saturated heterocycles. The standard InChI is InChI=1S/C23H21ClN2O2S/c1-15-3-6-19(13-16(15)2)23(28)26-25-22(27)18-7-4-17(5-8-18)14-29-21-11-9-20(24)10-12-21/h3-13H,14H2,1-2H3,(H,25,27)(H,26,28). The molecule has 0 bridgehead atoms. The van der Waals surface area contributed by atoms with Crippen LogP contribution in [0, 0.1) is 13.8 Å². The average molecular weight is 425 g/mol. The third kappa shape index (κ3) is 5.86. The first-order chi connectivity index (χ1) is 13.9. The highest BCUT2D eigenvalue weighted by molar-refractivity contribution is 7.98. The van der Waals surface area contributed by atoms with Crippen LogP contribution in [0.15, 0.2) is 71.6 Å². The number of hydrogen-bond donors (Lipinski definition) is 2. The van der Waals surface area contributed by atoms with Crippen molar-refractivity contribution in [2.45, 2.75) is 24.5 Å². The van der Waals surface area contributed by atoms with E-state index in [1.54, 1.807) is 36.0 Å². The molecule has 0 atom stereocenters. The van der Waals surface area contributed by atoms with Crippen molar-refractivity contribution in [3.05, 3.63) is 99.6 Å². The number of hydrazine groups is 1. The van der Waals surface area contributed by atoms with E-state index in [1.165, 1.54) is 0 Å². The van der Waals surface area contributed by atoms with Crippen LogP contribution < -0.4 is 10.9 Å². The van der Waals surface area contributed by atoms with Crippen LogP contribution in [0.4, 0.5) is 0 Å². The van der Waals surface area contributed by atoms with Crippen LogP contribution in [0.25, 0.3) is 0 Å². The summed E-state index contributed by atoms with van der Waals surface area (Å²) in [5.41, 5.74) is 9.13. The topological polar surface area (TPSA) is 58.2 Å². The minimum Gasteiger partial charge on any atom is -0.267 e. The van der Waals surface area contributed by atoms with Gasteiger partial charge in [0.25, 0.3) is 11.8 Å². The SMILES string of the molecule is Cc1ccc(C(=O)NNC(=O)c2ccc(CSc3ccc(Cl)cc3)cc2)cc1C. The predicted octanol–water partition coefficient (Wildman–Crippen LogP) is 5.32. The number of carbonyl (C=O) groups excluding carboxylic acids is 2. The van der Waals surface area contributed by atoms with Gasteiger partial charge < -0.3 is 0 Å². The van der Waals surface area contributed by atoms with Crippen LogP contribution >= 0.6 is 23.4 Å². The van der Waals surface area contributed by atoms with Gasteiger partial charge in [0.15, 0.2) is 0 Å². The van der Waals surface area contributed by atoms with Crippen molar-refractivity contribution in [3.63, 3.8) is 0 Å². The average Bonchev–Trinajstić information content (AvgIpc) is 2.73. The Morgan fingerprint density at radius 1 is 0.793 bits per heavy atom. The van der Waals surface area contributed by atoms with Gasteiger partial charge in [0.2, 0.25) is 0 Å². The summed E-state index contributed by atoms with van der Waals surface area (Å²) in [5.74, 6) is 0.0732. The third-order valence-corrected chi connectivity index (χ3v) is 5.83. The molecule has 0 radical (unpaired) electrons. The van der Waals surface area contributed by atoms with E-state index in [4.69, 9.17) is 11.6 Å². The molecule has 6 heteroatoms. The molecule has 0 aliphatic rings. The summed E-state index contributed by atoms with van der Waals surface area (Å²) in [6, 6.07) is 20.4. The Labute approximate surface area is 179 Å². The molecule has 0 aliphatic heterocycles. The summed E-state index contributed by atoms with van der Waals surface area (Å²) in [4.78, 5) is 25.6. The number of carbonyl (C=O) groups is 2. The molecular formula is C23H21ClN2O2S. The second-order valence-electron chi connectivity index (χ2n) is 6.65. The highest BCUT2D eigenvalue weighted by Gasteiger charge is 2.10. The lowest BCUT2D eigenvalue weighted by Gasteiger charge is -2.09. The number of thioether (sulfide) groups is 1. The first-order valence-corrected chi connectivity index (χ1v) is 10.4. The molecule has 4 nitrogen and oxygen atoms in total. The fourth-order valence-electron chi connectivity index (χ4n) is 2.59. The lowest BCUT2D eigenvalue weighted by Crippen LogP contribution is -2.41. The van der Waals surface area contributed by atoms with Gasteiger partial charge in [0.05, 0.1) is 0 Å². The van der Waals surface area contributed by atoms with Gasteiger partial charge in [-0.05, 0) is 79.1 Å². The minimum atomic E-state index is -0.362. The van der Waals surface area contributed by atoms with Crippen molar-refractivity contribution >= 4 is 35.2 Å². The van der Waals surface area contributed by atoms with Crippen LogP contribution in [-0.2, 0) is 5.75 Å². The fraction of sp³-hybridized carbons (Fsp3) is 0.130. The minimum absolute atomic E-state index is 0.350. The van der Waals surface area contributed by atoms with Gasteiger partial charge in [-0.3, -0.25) is 20.4 Å². The highest BCUT2D eigenvalue weighted by Crippen LogP contribution is 2.24. The maximum Gasteiger partial charge on any atom is 0.269 e. The van der Waals surface area contributed by atoms with E-state index in [2.05, 4.69) is 10.9 Å². The maximum absolute atomic E-state index is 12.3. The summed E-state index contributed by atoms with van der Waals surface area (Å²) >= 11 is 7.59. The molecule has 29 heavy (non-hydrogen) atoms. The summed E-state index contributed by atoms with van der Waals surface area (Å²) in [6.07, 6.45) is 0. The lowest BCUT2D eigenvalue weighted by molar-refractivity contribution is 0.0846. The van der Waals surface area contributed by atoms with E-state index in [0.29, 0.717) is 16.1 Å². The first kappa shape index (κ1) is 21.0. The number of halogens is 1. The molecule has 3 aromatic carbocycles. The quantitative estimate of drug-likeness (QED) is 0.430. The van der Waals surface area contributed by atoms with Gasteiger partial charge in [0, 0.05) is 26.8 Å². The smallest absolute Gasteiger partial charge is 0.267 e. The van der Waals surface area contributed by atoms with E-state index in [-0.39, 0.29) is 11.8 Å². The largest absolute Gasteiger partial charge is 0.269 e. The Morgan fingerprint density at radius 2 is 1.38 bits per heavy atom. The number of nitrogens with one attached hydrogen (secondary N) is 2. The van der Waals surface area contributed by atoms with Crippen LogP contribution in [0.2, 0.25) is 5.02 Å². The molecule has 2 N–H and O–H groups in total. The van der Waals surface area contributed by atoms with E-state index >= 15 is 0 Å². The van der Waals surface area contributed by atoms with Crippen molar-refractivity contribution in [1.82, 2.24) is 10.9 Å². The van der Waals surface area contributed by atoms with E-state index in [0.717, 1.165) is 27.3 Å². The number of amides is 2. The number of rotatable bonds is 5. The van der Waals surface area contributed by atoms with Crippen molar-refractivity contribution in [2.24, 2.45) is 0 Å². The maximum atomic E-state index is 12.3. The van der Waals surface area contributed by atoms with E-state index in [1.807, 2.05) is 56.3 Å². The summed E-state index contributed by atoms with van der Waals surface area (Å²) < 4.78 is 0. The normalized spacial score (nSPS) is 10.4. The van der Waals surface area contributed by atoms with E-state index in [9.17, 15) is 9.59 Å². The number of aryl methyl sites for hydroxylation is 2. The van der Waals surface area contributed by atoms with Crippen molar-refractivity contribution in [3.8, 4) is 0 Å². The van der Waals surface area contributed by atoms with Crippen LogP contribution in [0.3, 0.4) is 0 Å². The monoisotopic (exact) mass is 424 g/mol. The summed E-state index contributed by atoms with van der Waals surface area (Å²) in [7, 11) is 0. The zero-order valence-electron chi connectivity index (χ0n) is 16.2. The van der Waals surface area contributed by atoms with Gasteiger partial charge in [0.1, 0.15) is 0 Å². The van der Waals surface area contributed by atoms with Gasteiger partial charge in [-0.1, -0.05) is 29.8 Å². The number of hydrogen-bond acceptors (Lipinski definition) is 3. The van der Waals surface area contributed by atoms with Crippen molar-refractivity contribution in [2.75, 3.05) is 0 Å². The molecule has 0 unspecified atom stereocenters. The molecule has 0 heterocycles. The third-order valence-electron chi connectivity index (χ3n) is 4.49. The molecule has 2 amide bonds.